The summed E-state index contributed by atoms with van der Waals surface area (Å²) in [6, 6.07) is 8.52. The number of nitrogens with two attached hydrogens (primary N) is 1. The highest BCUT2D eigenvalue weighted by atomic mass is 16.2. The summed E-state index contributed by atoms with van der Waals surface area (Å²) in [6.45, 7) is 1.53. The van der Waals surface area contributed by atoms with Crippen LogP contribution in [0.1, 0.15) is 17.4 Å². The first-order chi connectivity index (χ1) is 8.59. The lowest BCUT2D eigenvalue weighted by molar-refractivity contribution is -0.119. The number of fused-ring (bicyclic) bond motifs is 1. The molecule has 18 heavy (non-hydrogen) atoms. The monoisotopic (exact) mass is 243 g/mol. The molecule has 0 spiro atoms. The Labute approximate surface area is 104 Å². The Hall–Kier alpha value is -2.43. The van der Waals surface area contributed by atoms with Crippen molar-refractivity contribution in [2.24, 2.45) is 5.73 Å². The molecular weight excluding hydrogens is 230 g/mol. The van der Waals surface area contributed by atoms with Gasteiger partial charge in [0.05, 0.1) is 0 Å². The van der Waals surface area contributed by atoms with Gasteiger partial charge in [0.25, 0.3) is 5.91 Å². The Balaban J connectivity index is 2.36. The molecule has 2 aromatic rings. The molecule has 5 nitrogen and oxygen atoms in total. The fraction of sp³-hybridized carbons (Fsp3) is 0.154. The topological polar surface area (TPSA) is 85.1 Å². The SMILES string of the molecule is C[C@H](NC(=O)c1nccc2ccccc12)C(N)=O. The number of nitrogens with zero attached hydrogens (tertiary/aromatic N) is 1. The number of nitrogens with one attached hydrogen (secondary N) is 1. The molecule has 2 rings (SSSR count). The van der Waals surface area contributed by atoms with Crippen molar-refractivity contribution in [3.05, 3.63) is 42.2 Å². The first kappa shape index (κ1) is 12.0. The second-order valence-corrected chi connectivity index (χ2v) is 3.98. The first-order valence-corrected chi connectivity index (χ1v) is 5.53. The third kappa shape index (κ3) is 2.29. The maximum Gasteiger partial charge on any atom is 0.271 e. The molecule has 3 N–H and O–H groups in total. The van der Waals surface area contributed by atoms with Gasteiger partial charge in [0.2, 0.25) is 5.91 Å². The van der Waals surface area contributed by atoms with Crippen LogP contribution in [-0.2, 0) is 4.79 Å². The molecular formula is C13H13N3O2. The van der Waals surface area contributed by atoms with Crippen molar-refractivity contribution >= 4 is 22.6 Å². The van der Waals surface area contributed by atoms with Gasteiger partial charge < -0.3 is 11.1 Å². The highest BCUT2D eigenvalue weighted by molar-refractivity contribution is 6.06. The van der Waals surface area contributed by atoms with Gasteiger partial charge in [-0.05, 0) is 18.4 Å². The summed E-state index contributed by atoms with van der Waals surface area (Å²) in [5.41, 5.74) is 5.39. The number of pyridine rings is 1. The zero-order valence-electron chi connectivity index (χ0n) is 9.88. The maximum atomic E-state index is 12.0. The van der Waals surface area contributed by atoms with Gasteiger partial charge >= 0.3 is 0 Å². The highest BCUT2D eigenvalue weighted by Gasteiger charge is 2.16. The number of aromatic nitrogens is 1. The Morgan fingerprint density at radius 1 is 1.28 bits per heavy atom. The van der Waals surface area contributed by atoms with Crippen molar-refractivity contribution in [2.45, 2.75) is 13.0 Å². The summed E-state index contributed by atoms with van der Waals surface area (Å²) >= 11 is 0. The van der Waals surface area contributed by atoms with E-state index in [9.17, 15) is 9.59 Å². The molecule has 5 heteroatoms. The van der Waals surface area contributed by atoms with Crippen LogP contribution >= 0.6 is 0 Å². The zero-order valence-corrected chi connectivity index (χ0v) is 9.88. The Kier molecular flexibility index (Phi) is 3.23. The number of amides is 2. The number of rotatable bonds is 3. The molecule has 0 fully saturated rings. The van der Waals surface area contributed by atoms with Crippen LogP contribution in [0, 0.1) is 0 Å². The van der Waals surface area contributed by atoms with E-state index in [0.717, 1.165) is 10.8 Å². The quantitative estimate of drug-likeness (QED) is 0.837. The van der Waals surface area contributed by atoms with Crippen LogP contribution in [0.3, 0.4) is 0 Å². The number of hydrogen-bond donors (Lipinski definition) is 2. The summed E-state index contributed by atoms with van der Waals surface area (Å²) in [7, 11) is 0. The Morgan fingerprint density at radius 3 is 2.72 bits per heavy atom. The van der Waals surface area contributed by atoms with E-state index in [2.05, 4.69) is 10.3 Å². The smallest absolute Gasteiger partial charge is 0.271 e. The van der Waals surface area contributed by atoms with E-state index < -0.39 is 17.9 Å². The van der Waals surface area contributed by atoms with Gasteiger partial charge in [-0.25, -0.2) is 0 Å². The molecule has 0 saturated carbocycles. The predicted molar refractivity (Wildman–Crippen MR) is 67.9 cm³/mol. The third-order valence-electron chi connectivity index (χ3n) is 2.66. The van der Waals surface area contributed by atoms with Crippen molar-refractivity contribution in [1.29, 1.82) is 0 Å². The minimum absolute atomic E-state index is 0.293. The first-order valence-electron chi connectivity index (χ1n) is 5.53. The number of benzene rings is 1. The second kappa shape index (κ2) is 4.83. The molecule has 0 radical (unpaired) electrons. The van der Waals surface area contributed by atoms with Crippen LogP contribution in [-0.4, -0.2) is 22.8 Å². The lowest BCUT2D eigenvalue weighted by Gasteiger charge is -2.10. The number of carbonyl (C=O) groups is 2. The Bertz CT molecular complexity index is 605. The van der Waals surface area contributed by atoms with Crippen LogP contribution in [0.15, 0.2) is 36.5 Å². The molecule has 0 aliphatic heterocycles. The van der Waals surface area contributed by atoms with Crippen molar-refractivity contribution in [2.75, 3.05) is 0 Å². The molecule has 0 saturated heterocycles. The standard InChI is InChI=1S/C13H13N3O2/c1-8(12(14)17)16-13(18)11-10-5-3-2-4-9(10)6-7-15-11/h2-8H,1H3,(H2,14,17)(H,16,18)/t8-/m0/s1. The van der Waals surface area contributed by atoms with E-state index >= 15 is 0 Å². The Morgan fingerprint density at radius 2 is 2.00 bits per heavy atom. The van der Waals surface area contributed by atoms with Gasteiger partial charge in [0, 0.05) is 11.6 Å². The van der Waals surface area contributed by atoms with Crippen molar-refractivity contribution < 1.29 is 9.59 Å². The number of primary amides is 1. The van der Waals surface area contributed by atoms with E-state index in [-0.39, 0.29) is 0 Å². The average Bonchev–Trinajstić information content (AvgIpc) is 2.37. The largest absolute Gasteiger partial charge is 0.368 e. The van der Waals surface area contributed by atoms with Crippen LogP contribution < -0.4 is 11.1 Å². The summed E-state index contributed by atoms with van der Waals surface area (Å²) in [5.74, 6) is -0.985. The highest BCUT2D eigenvalue weighted by Crippen LogP contribution is 2.16. The summed E-state index contributed by atoms with van der Waals surface area (Å²) < 4.78 is 0. The van der Waals surface area contributed by atoms with Crippen molar-refractivity contribution in [1.82, 2.24) is 10.3 Å². The van der Waals surface area contributed by atoms with Gasteiger partial charge in [-0.15, -0.1) is 0 Å². The van der Waals surface area contributed by atoms with E-state index in [4.69, 9.17) is 5.73 Å². The number of carbonyl (C=O) groups excluding carboxylic acids is 2. The molecule has 1 heterocycles. The second-order valence-electron chi connectivity index (χ2n) is 3.98. The van der Waals surface area contributed by atoms with Crippen LogP contribution in [0.4, 0.5) is 0 Å². The fourth-order valence-corrected chi connectivity index (χ4v) is 1.64. The van der Waals surface area contributed by atoms with Gasteiger partial charge in [0.1, 0.15) is 11.7 Å². The van der Waals surface area contributed by atoms with E-state index in [1.54, 1.807) is 6.20 Å². The van der Waals surface area contributed by atoms with E-state index in [0.29, 0.717) is 5.69 Å². The molecule has 0 unspecified atom stereocenters. The van der Waals surface area contributed by atoms with Gasteiger partial charge in [-0.2, -0.15) is 0 Å². The van der Waals surface area contributed by atoms with Crippen molar-refractivity contribution in [3.63, 3.8) is 0 Å². The summed E-state index contributed by atoms with van der Waals surface area (Å²) in [6.07, 6.45) is 1.56. The van der Waals surface area contributed by atoms with Crippen LogP contribution in [0.25, 0.3) is 10.8 Å². The summed E-state index contributed by atoms with van der Waals surface area (Å²) in [4.78, 5) is 27.0. The maximum absolute atomic E-state index is 12.0. The fourth-order valence-electron chi connectivity index (χ4n) is 1.64. The predicted octanol–water partition coefficient (Wildman–Crippen LogP) is 0.838. The molecule has 0 aliphatic rings. The molecule has 2 amide bonds. The minimum Gasteiger partial charge on any atom is -0.368 e. The average molecular weight is 243 g/mol. The molecule has 0 bridgehead atoms. The van der Waals surface area contributed by atoms with E-state index in [1.807, 2.05) is 30.3 Å². The lowest BCUT2D eigenvalue weighted by Crippen LogP contribution is -2.42. The normalized spacial score (nSPS) is 12.1. The molecule has 92 valence electrons. The molecule has 0 aliphatic carbocycles. The molecule has 1 aromatic carbocycles. The van der Waals surface area contributed by atoms with E-state index in [1.165, 1.54) is 6.92 Å². The van der Waals surface area contributed by atoms with Gasteiger partial charge in [0.15, 0.2) is 0 Å². The minimum atomic E-state index is -0.724. The third-order valence-corrected chi connectivity index (χ3v) is 2.66. The number of hydrogen-bond acceptors (Lipinski definition) is 3. The van der Waals surface area contributed by atoms with Gasteiger partial charge in [-0.1, -0.05) is 24.3 Å². The van der Waals surface area contributed by atoms with Gasteiger partial charge in [-0.3, -0.25) is 14.6 Å². The lowest BCUT2D eigenvalue weighted by atomic mass is 10.1. The van der Waals surface area contributed by atoms with Crippen LogP contribution in [0.2, 0.25) is 0 Å². The molecule has 1 aromatic heterocycles. The zero-order chi connectivity index (χ0) is 13.1. The summed E-state index contributed by atoms with van der Waals surface area (Å²) in [5, 5.41) is 4.18. The van der Waals surface area contributed by atoms with Crippen LogP contribution in [0.5, 0.6) is 0 Å². The molecule has 1 atom stereocenters. The van der Waals surface area contributed by atoms with Crippen molar-refractivity contribution in [3.8, 4) is 0 Å².